The van der Waals surface area contributed by atoms with Gasteiger partial charge in [-0.3, -0.25) is 5.10 Å². The third kappa shape index (κ3) is 2.35. The van der Waals surface area contributed by atoms with Gasteiger partial charge in [0.05, 0.1) is 19.1 Å². The molecule has 0 bridgehead atoms. The van der Waals surface area contributed by atoms with Gasteiger partial charge >= 0.3 is 0 Å². The summed E-state index contributed by atoms with van der Waals surface area (Å²) in [6, 6.07) is 8.51. The molecule has 1 aromatic carbocycles. The van der Waals surface area contributed by atoms with Crippen LogP contribution in [0, 0.1) is 4.77 Å². The number of hydrogen-bond acceptors (Lipinski definition) is 4. The molecular formula is C13H15N3OS2. The highest BCUT2D eigenvalue weighted by Gasteiger charge is 2.28. The molecule has 0 radical (unpaired) electrons. The standard InChI is InChI=1S/C13H15N3OS2/c1-17-7-6-16-12(14-15-13(16)18)10-8-19-11-5-3-2-4-9(10)11/h2-5,10H,6-8H2,1H3,(H,15,18). The minimum Gasteiger partial charge on any atom is -0.383 e. The van der Waals surface area contributed by atoms with Crippen LogP contribution < -0.4 is 0 Å². The fraction of sp³-hybridized carbons (Fsp3) is 0.385. The van der Waals surface area contributed by atoms with Crippen molar-refractivity contribution in [3.05, 3.63) is 40.4 Å². The topological polar surface area (TPSA) is 42.8 Å². The number of nitrogens with one attached hydrogen (secondary N) is 1. The van der Waals surface area contributed by atoms with Crippen molar-refractivity contribution in [2.24, 2.45) is 0 Å². The van der Waals surface area contributed by atoms with Crippen LogP contribution in [0.5, 0.6) is 0 Å². The van der Waals surface area contributed by atoms with E-state index in [0.717, 1.165) is 18.1 Å². The summed E-state index contributed by atoms with van der Waals surface area (Å²) in [5.74, 6) is 2.34. The lowest BCUT2D eigenvalue weighted by Crippen LogP contribution is -2.13. The number of aromatic amines is 1. The summed E-state index contributed by atoms with van der Waals surface area (Å²) in [7, 11) is 1.70. The summed E-state index contributed by atoms with van der Waals surface area (Å²) in [6.07, 6.45) is 0. The van der Waals surface area contributed by atoms with Crippen LogP contribution >= 0.6 is 24.0 Å². The van der Waals surface area contributed by atoms with E-state index in [2.05, 4.69) is 34.5 Å². The molecular weight excluding hydrogens is 278 g/mol. The second-order valence-corrected chi connectivity index (χ2v) is 5.88. The first-order valence-corrected chi connectivity index (χ1v) is 7.56. The molecule has 0 saturated heterocycles. The normalized spacial score (nSPS) is 17.6. The molecule has 0 fully saturated rings. The molecule has 0 aliphatic carbocycles. The van der Waals surface area contributed by atoms with Gasteiger partial charge in [0.15, 0.2) is 4.77 Å². The van der Waals surface area contributed by atoms with Crippen molar-refractivity contribution in [3.63, 3.8) is 0 Å². The number of hydrogen-bond donors (Lipinski definition) is 1. The lowest BCUT2D eigenvalue weighted by atomic mass is 10.0. The Kier molecular flexibility index (Phi) is 3.72. The van der Waals surface area contributed by atoms with Gasteiger partial charge in [0.1, 0.15) is 5.82 Å². The second-order valence-electron chi connectivity index (χ2n) is 4.43. The maximum atomic E-state index is 5.30. The maximum absolute atomic E-state index is 5.30. The van der Waals surface area contributed by atoms with E-state index in [9.17, 15) is 0 Å². The number of fused-ring (bicyclic) bond motifs is 1. The Morgan fingerprint density at radius 1 is 1.53 bits per heavy atom. The van der Waals surface area contributed by atoms with Crippen molar-refractivity contribution in [1.82, 2.24) is 14.8 Å². The highest BCUT2D eigenvalue weighted by atomic mass is 32.2. The van der Waals surface area contributed by atoms with Crippen LogP contribution in [0.3, 0.4) is 0 Å². The largest absolute Gasteiger partial charge is 0.383 e. The molecule has 100 valence electrons. The number of rotatable bonds is 4. The zero-order valence-electron chi connectivity index (χ0n) is 10.6. The molecule has 1 unspecified atom stereocenters. The quantitative estimate of drug-likeness (QED) is 0.880. The van der Waals surface area contributed by atoms with Gasteiger partial charge in [-0.05, 0) is 23.8 Å². The van der Waals surface area contributed by atoms with Gasteiger partial charge in [-0.15, -0.1) is 11.8 Å². The first-order chi connectivity index (χ1) is 9.31. The molecule has 0 saturated carbocycles. The zero-order valence-corrected chi connectivity index (χ0v) is 12.3. The Bertz CT molecular complexity index is 635. The van der Waals surface area contributed by atoms with Crippen LogP contribution in [0.15, 0.2) is 29.2 Å². The van der Waals surface area contributed by atoms with E-state index in [1.165, 1.54) is 10.5 Å². The Morgan fingerprint density at radius 2 is 2.37 bits per heavy atom. The van der Waals surface area contributed by atoms with Gasteiger partial charge in [0.2, 0.25) is 0 Å². The predicted molar refractivity (Wildman–Crippen MR) is 78.3 cm³/mol. The highest BCUT2D eigenvalue weighted by Crippen LogP contribution is 2.42. The molecule has 1 atom stereocenters. The van der Waals surface area contributed by atoms with Crippen molar-refractivity contribution in [3.8, 4) is 0 Å². The molecule has 1 aliphatic rings. The van der Waals surface area contributed by atoms with E-state index in [1.54, 1.807) is 7.11 Å². The molecule has 0 spiro atoms. The Balaban J connectivity index is 1.98. The van der Waals surface area contributed by atoms with Crippen molar-refractivity contribution in [1.29, 1.82) is 0 Å². The minimum atomic E-state index is 0.311. The first kappa shape index (κ1) is 12.9. The molecule has 2 heterocycles. The lowest BCUT2D eigenvalue weighted by molar-refractivity contribution is 0.185. The van der Waals surface area contributed by atoms with Crippen LogP contribution in [-0.4, -0.2) is 34.2 Å². The number of ether oxygens (including phenoxy) is 1. The number of H-pyrrole nitrogens is 1. The number of aromatic nitrogens is 3. The summed E-state index contributed by atoms with van der Waals surface area (Å²) in [4.78, 5) is 1.35. The van der Waals surface area contributed by atoms with Gasteiger partial charge in [-0.1, -0.05) is 18.2 Å². The van der Waals surface area contributed by atoms with Crippen molar-refractivity contribution < 1.29 is 4.74 Å². The molecule has 3 rings (SSSR count). The fourth-order valence-electron chi connectivity index (χ4n) is 2.37. The summed E-state index contributed by atoms with van der Waals surface area (Å²) >= 11 is 7.18. The van der Waals surface area contributed by atoms with Crippen LogP contribution in [0.25, 0.3) is 0 Å². The Labute approximate surface area is 121 Å². The Hall–Kier alpha value is -1.11. The number of thioether (sulfide) groups is 1. The SMILES string of the molecule is COCCn1c(C2CSc3ccccc32)n[nH]c1=S. The number of benzene rings is 1. The van der Waals surface area contributed by atoms with Crippen LogP contribution in [-0.2, 0) is 11.3 Å². The summed E-state index contributed by atoms with van der Waals surface area (Å²) < 4.78 is 7.86. The Morgan fingerprint density at radius 3 is 3.21 bits per heavy atom. The molecule has 1 aromatic heterocycles. The molecule has 19 heavy (non-hydrogen) atoms. The van der Waals surface area contributed by atoms with E-state index in [1.807, 2.05) is 16.3 Å². The molecule has 1 N–H and O–H groups in total. The lowest BCUT2D eigenvalue weighted by Gasteiger charge is -2.12. The third-order valence-electron chi connectivity index (χ3n) is 3.32. The molecule has 2 aromatic rings. The molecule has 4 nitrogen and oxygen atoms in total. The van der Waals surface area contributed by atoms with Crippen molar-refractivity contribution in [2.45, 2.75) is 17.4 Å². The van der Waals surface area contributed by atoms with Gasteiger partial charge in [-0.2, -0.15) is 5.10 Å². The molecule has 0 amide bonds. The number of nitrogens with zero attached hydrogens (tertiary/aromatic N) is 2. The average molecular weight is 293 g/mol. The minimum absolute atomic E-state index is 0.311. The van der Waals surface area contributed by atoms with E-state index in [4.69, 9.17) is 17.0 Å². The maximum Gasteiger partial charge on any atom is 0.195 e. The van der Waals surface area contributed by atoms with E-state index in [-0.39, 0.29) is 0 Å². The summed E-state index contributed by atoms with van der Waals surface area (Å²) in [6.45, 7) is 1.38. The van der Waals surface area contributed by atoms with Crippen LogP contribution in [0.1, 0.15) is 17.3 Å². The van der Waals surface area contributed by atoms with Gasteiger partial charge < -0.3 is 9.30 Å². The van der Waals surface area contributed by atoms with E-state index < -0.39 is 0 Å². The second kappa shape index (κ2) is 5.48. The third-order valence-corrected chi connectivity index (χ3v) is 4.81. The van der Waals surface area contributed by atoms with Crippen molar-refractivity contribution in [2.75, 3.05) is 19.5 Å². The predicted octanol–water partition coefficient (Wildman–Crippen LogP) is 2.82. The average Bonchev–Trinajstić information content (AvgIpc) is 3.00. The molecule has 6 heteroatoms. The van der Waals surface area contributed by atoms with E-state index in [0.29, 0.717) is 17.3 Å². The van der Waals surface area contributed by atoms with Gasteiger partial charge in [0, 0.05) is 17.8 Å². The highest BCUT2D eigenvalue weighted by molar-refractivity contribution is 7.99. The first-order valence-electron chi connectivity index (χ1n) is 6.17. The van der Waals surface area contributed by atoms with Crippen molar-refractivity contribution >= 4 is 24.0 Å². The zero-order chi connectivity index (χ0) is 13.2. The van der Waals surface area contributed by atoms with Gasteiger partial charge in [0.25, 0.3) is 0 Å². The fourth-order valence-corrected chi connectivity index (χ4v) is 3.83. The number of methoxy groups -OCH3 is 1. The smallest absolute Gasteiger partial charge is 0.195 e. The summed E-state index contributed by atoms with van der Waals surface area (Å²) in [5.41, 5.74) is 1.35. The van der Waals surface area contributed by atoms with Gasteiger partial charge in [-0.25, -0.2) is 0 Å². The van der Waals surface area contributed by atoms with Crippen LogP contribution in [0.4, 0.5) is 0 Å². The monoisotopic (exact) mass is 293 g/mol. The summed E-state index contributed by atoms with van der Waals surface area (Å²) in [5, 5.41) is 7.33. The molecule has 1 aliphatic heterocycles. The van der Waals surface area contributed by atoms with E-state index >= 15 is 0 Å². The van der Waals surface area contributed by atoms with Crippen LogP contribution in [0.2, 0.25) is 0 Å².